The monoisotopic (exact) mass is 534 g/mol. The Morgan fingerprint density at radius 1 is 1.17 bits per heavy atom. The first-order chi connectivity index (χ1) is 14.2. The lowest BCUT2D eigenvalue weighted by Gasteiger charge is -2.21. The van der Waals surface area contributed by atoms with Crippen molar-refractivity contribution in [2.75, 3.05) is 46.6 Å². The third kappa shape index (κ3) is 11.1. The summed E-state index contributed by atoms with van der Waals surface area (Å²) in [5.41, 5.74) is 1.26. The molecule has 1 aliphatic heterocycles. The smallest absolute Gasteiger partial charge is 0.269 e. The van der Waals surface area contributed by atoms with E-state index in [9.17, 15) is 10.1 Å². The SMILES string of the molecule is CN=C(NCCCCc1ccc([N+](=O)[O-])cc1)NCCCOCC1CCOCC1.I. The van der Waals surface area contributed by atoms with Gasteiger partial charge in [0.05, 0.1) is 4.92 Å². The molecule has 1 aliphatic rings. The van der Waals surface area contributed by atoms with Crippen LogP contribution in [0.15, 0.2) is 29.3 Å². The lowest BCUT2D eigenvalue weighted by atomic mass is 10.0. The van der Waals surface area contributed by atoms with Crippen LogP contribution in [0, 0.1) is 16.0 Å². The van der Waals surface area contributed by atoms with Crippen molar-refractivity contribution in [2.45, 2.75) is 38.5 Å². The number of nitrogens with one attached hydrogen (secondary N) is 2. The van der Waals surface area contributed by atoms with Gasteiger partial charge in [0.25, 0.3) is 5.69 Å². The summed E-state index contributed by atoms with van der Waals surface area (Å²) in [6, 6.07) is 6.78. The maximum absolute atomic E-state index is 10.7. The molecule has 0 aromatic heterocycles. The van der Waals surface area contributed by atoms with Crippen LogP contribution in [0.3, 0.4) is 0 Å². The fraction of sp³-hybridized carbons (Fsp3) is 0.667. The summed E-state index contributed by atoms with van der Waals surface area (Å²) in [4.78, 5) is 14.5. The predicted octanol–water partition coefficient (Wildman–Crippen LogP) is 3.53. The van der Waals surface area contributed by atoms with Gasteiger partial charge in [-0.25, -0.2) is 0 Å². The zero-order valence-corrected chi connectivity index (χ0v) is 20.1. The van der Waals surface area contributed by atoms with Crippen molar-refractivity contribution in [3.63, 3.8) is 0 Å². The molecule has 0 bridgehead atoms. The number of aliphatic imine (C=N–C) groups is 1. The van der Waals surface area contributed by atoms with Crippen LogP contribution in [-0.4, -0.2) is 57.4 Å². The average molecular weight is 534 g/mol. The third-order valence-electron chi connectivity index (χ3n) is 5.01. The van der Waals surface area contributed by atoms with Crippen LogP contribution in [-0.2, 0) is 15.9 Å². The van der Waals surface area contributed by atoms with Gasteiger partial charge in [0, 0.05) is 58.7 Å². The molecule has 1 saturated heterocycles. The van der Waals surface area contributed by atoms with E-state index in [4.69, 9.17) is 9.47 Å². The summed E-state index contributed by atoms with van der Waals surface area (Å²) < 4.78 is 11.1. The van der Waals surface area contributed by atoms with Crippen LogP contribution >= 0.6 is 24.0 Å². The highest BCUT2D eigenvalue weighted by atomic mass is 127. The maximum atomic E-state index is 10.7. The molecular weight excluding hydrogens is 499 g/mol. The topological polar surface area (TPSA) is 98.0 Å². The summed E-state index contributed by atoms with van der Waals surface area (Å²) in [5.74, 6) is 1.46. The molecule has 1 aromatic carbocycles. The van der Waals surface area contributed by atoms with Crippen molar-refractivity contribution in [2.24, 2.45) is 10.9 Å². The first-order valence-corrected chi connectivity index (χ1v) is 10.5. The van der Waals surface area contributed by atoms with Crippen LogP contribution in [0.25, 0.3) is 0 Å². The van der Waals surface area contributed by atoms with E-state index >= 15 is 0 Å². The fourth-order valence-electron chi connectivity index (χ4n) is 3.21. The summed E-state index contributed by atoms with van der Waals surface area (Å²) in [6.45, 7) is 5.00. The van der Waals surface area contributed by atoms with Crippen molar-refractivity contribution >= 4 is 35.6 Å². The van der Waals surface area contributed by atoms with Crippen LogP contribution < -0.4 is 10.6 Å². The van der Waals surface area contributed by atoms with E-state index in [1.54, 1.807) is 19.2 Å². The molecule has 30 heavy (non-hydrogen) atoms. The molecule has 0 saturated carbocycles. The Labute approximate surface area is 196 Å². The molecule has 0 radical (unpaired) electrons. The molecule has 0 amide bonds. The molecule has 8 nitrogen and oxygen atoms in total. The van der Waals surface area contributed by atoms with Crippen LogP contribution in [0.1, 0.15) is 37.7 Å². The number of benzene rings is 1. The van der Waals surface area contributed by atoms with E-state index in [0.717, 1.165) is 89.6 Å². The highest BCUT2D eigenvalue weighted by Crippen LogP contribution is 2.15. The Morgan fingerprint density at radius 2 is 1.83 bits per heavy atom. The molecule has 0 unspecified atom stereocenters. The van der Waals surface area contributed by atoms with Crippen LogP contribution in [0.4, 0.5) is 5.69 Å². The molecule has 170 valence electrons. The number of aryl methyl sites for hydroxylation is 1. The number of guanidine groups is 1. The average Bonchev–Trinajstić information content (AvgIpc) is 2.75. The van der Waals surface area contributed by atoms with Gasteiger partial charge < -0.3 is 20.1 Å². The molecule has 0 aliphatic carbocycles. The molecule has 0 spiro atoms. The zero-order valence-electron chi connectivity index (χ0n) is 17.8. The van der Waals surface area contributed by atoms with Gasteiger partial charge in [0.1, 0.15) is 0 Å². The van der Waals surface area contributed by atoms with E-state index in [-0.39, 0.29) is 34.6 Å². The van der Waals surface area contributed by atoms with Crippen LogP contribution in [0.5, 0.6) is 0 Å². The van der Waals surface area contributed by atoms with Gasteiger partial charge in [-0.05, 0) is 50.0 Å². The number of rotatable bonds is 12. The summed E-state index contributed by atoms with van der Waals surface area (Å²) in [5, 5.41) is 17.3. The number of non-ortho nitro benzene ring substituents is 1. The standard InChI is InChI=1S/C21H34N4O4.HI/c1-22-21(24-13-4-14-29-17-19-10-15-28-16-11-19)23-12-3-2-5-18-6-8-20(9-7-18)25(26)27;/h6-9,19H,2-5,10-17H2,1H3,(H2,22,23,24);1H. The molecule has 2 rings (SSSR count). The highest BCUT2D eigenvalue weighted by molar-refractivity contribution is 14.0. The summed E-state index contributed by atoms with van der Waals surface area (Å²) in [7, 11) is 1.77. The van der Waals surface area contributed by atoms with E-state index < -0.39 is 0 Å². The normalized spacial score (nSPS) is 14.8. The minimum absolute atomic E-state index is 0. The second-order valence-corrected chi connectivity index (χ2v) is 7.29. The number of nitrogens with zero attached hydrogens (tertiary/aromatic N) is 2. The first-order valence-electron chi connectivity index (χ1n) is 10.5. The predicted molar refractivity (Wildman–Crippen MR) is 130 cm³/mol. The Morgan fingerprint density at radius 3 is 2.47 bits per heavy atom. The molecule has 1 aromatic rings. The van der Waals surface area contributed by atoms with Crippen LogP contribution in [0.2, 0.25) is 0 Å². The van der Waals surface area contributed by atoms with Crippen molar-refractivity contribution in [1.82, 2.24) is 10.6 Å². The summed E-state index contributed by atoms with van der Waals surface area (Å²) >= 11 is 0. The number of ether oxygens (including phenoxy) is 2. The van der Waals surface area contributed by atoms with Gasteiger partial charge in [0.2, 0.25) is 0 Å². The zero-order chi connectivity index (χ0) is 20.7. The molecule has 1 heterocycles. The Hall–Kier alpha value is -1.46. The van der Waals surface area contributed by atoms with Gasteiger partial charge in [-0.1, -0.05) is 12.1 Å². The summed E-state index contributed by atoms with van der Waals surface area (Å²) in [6.07, 6.45) is 6.10. The van der Waals surface area contributed by atoms with E-state index in [1.165, 1.54) is 0 Å². The van der Waals surface area contributed by atoms with Crippen molar-refractivity contribution in [1.29, 1.82) is 0 Å². The first kappa shape index (κ1) is 26.6. The van der Waals surface area contributed by atoms with E-state index in [2.05, 4.69) is 15.6 Å². The second kappa shape index (κ2) is 16.3. The number of hydrogen-bond acceptors (Lipinski definition) is 5. The lowest BCUT2D eigenvalue weighted by Crippen LogP contribution is -2.38. The lowest BCUT2D eigenvalue weighted by molar-refractivity contribution is -0.384. The third-order valence-corrected chi connectivity index (χ3v) is 5.01. The molecule has 1 fully saturated rings. The minimum Gasteiger partial charge on any atom is -0.381 e. The molecule has 0 atom stereocenters. The van der Waals surface area contributed by atoms with Gasteiger partial charge >= 0.3 is 0 Å². The largest absolute Gasteiger partial charge is 0.381 e. The van der Waals surface area contributed by atoms with Crippen molar-refractivity contribution in [3.05, 3.63) is 39.9 Å². The van der Waals surface area contributed by atoms with Crippen molar-refractivity contribution < 1.29 is 14.4 Å². The Bertz CT molecular complexity index is 622. The molecular formula is C21H35IN4O4. The van der Waals surface area contributed by atoms with Gasteiger partial charge in [-0.2, -0.15) is 0 Å². The van der Waals surface area contributed by atoms with Gasteiger partial charge in [-0.15, -0.1) is 24.0 Å². The number of nitro groups is 1. The number of unbranched alkanes of at least 4 members (excludes halogenated alkanes) is 1. The fourth-order valence-corrected chi connectivity index (χ4v) is 3.21. The second-order valence-electron chi connectivity index (χ2n) is 7.29. The van der Waals surface area contributed by atoms with E-state index in [0.29, 0.717) is 5.92 Å². The van der Waals surface area contributed by atoms with Gasteiger partial charge in [-0.3, -0.25) is 15.1 Å². The highest BCUT2D eigenvalue weighted by Gasteiger charge is 2.13. The van der Waals surface area contributed by atoms with Gasteiger partial charge in [0.15, 0.2) is 5.96 Å². The number of halogens is 1. The quantitative estimate of drug-likeness (QED) is 0.106. The minimum atomic E-state index is -0.370. The van der Waals surface area contributed by atoms with E-state index in [1.807, 2.05) is 12.1 Å². The molecule has 2 N–H and O–H groups in total. The molecule has 9 heteroatoms. The Balaban J connectivity index is 0.00000450. The van der Waals surface area contributed by atoms with Crippen molar-refractivity contribution in [3.8, 4) is 0 Å². The number of hydrogen-bond donors (Lipinski definition) is 2. The Kier molecular flexibility index (Phi) is 14.4. The maximum Gasteiger partial charge on any atom is 0.269 e. The number of nitro benzene ring substituents is 1.